The predicted molar refractivity (Wildman–Crippen MR) is 129 cm³/mol. The molecule has 1 aromatic carbocycles. The van der Waals surface area contributed by atoms with Gasteiger partial charge in [0.05, 0.1) is 11.4 Å². The lowest BCUT2D eigenvalue weighted by Crippen LogP contribution is -2.43. The third kappa shape index (κ3) is 5.62. The lowest BCUT2D eigenvalue weighted by molar-refractivity contribution is -0.126. The Morgan fingerprint density at radius 3 is 2.21 bits per heavy atom. The zero-order chi connectivity index (χ0) is 24.2. The minimum atomic E-state index is -3.48. The van der Waals surface area contributed by atoms with Crippen molar-refractivity contribution in [2.45, 2.75) is 34.8 Å². The molecule has 2 saturated heterocycles. The Kier molecular flexibility index (Phi) is 7.93. The van der Waals surface area contributed by atoms with Crippen LogP contribution in [0.1, 0.15) is 25.7 Å². The van der Waals surface area contributed by atoms with E-state index in [9.17, 15) is 21.6 Å². The van der Waals surface area contributed by atoms with E-state index in [1.807, 2.05) is 0 Å². The molecule has 2 aliphatic heterocycles. The van der Waals surface area contributed by atoms with Crippen LogP contribution >= 0.6 is 11.3 Å². The summed E-state index contributed by atoms with van der Waals surface area (Å²) in [7, 11) is -6.93. The van der Waals surface area contributed by atoms with E-state index in [4.69, 9.17) is 4.74 Å². The van der Waals surface area contributed by atoms with Gasteiger partial charge in [-0.1, -0.05) is 6.07 Å². The molecule has 34 heavy (non-hydrogen) atoms. The Morgan fingerprint density at radius 2 is 1.59 bits per heavy atom. The fourth-order valence-corrected chi connectivity index (χ4v) is 8.30. The topological polar surface area (TPSA) is 113 Å². The molecule has 0 spiro atoms. The number of benzene rings is 1. The van der Waals surface area contributed by atoms with Gasteiger partial charge in [0, 0.05) is 32.1 Å². The van der Waals surface area contributed by atoms with Gasteiger partial charge < -0.3 is 10.1 Å². The number of thiophene rings is 1. The van der Waals surface area contributed by atoms with Crippen molar-refractivity contribution in [3.8, 4) is 5.75 Å². The molecule has 9 nitrogen and oxygen atoms in total. The van der Waals surface area contributed by atoms with Crippen LogP contribution in [0.15, 0.2) is 50.9 Å². The number of nitrogens with one attached hydrogen (secondary N) is 1. The summed E-state index contributed by atoms with van der Waals surface area (Å²) in [6.07, 6.45) is 2.73. The van der Waals surface area contributed by atoms with Crippen LogP contribution in [-0.4, -0.2) is 70.7 Å². The maximum atomic E-state index is 12.6. The van der Waals surface area contributed by atoms with Crippen molar-refractivity contribution in [2.75, 3.05) is 39.3 Å². The minimum absolute atomic E-state index is 0.108. The Bertz CT molecular complexity index is 1170. The molecule has 186 valence electrons. The number of hydrogen-bond acceptors (Lipinski definition) is 7. The van der Waals surface area contributed by atoms with E-state index in [0.717, 1.165) is 12.8 Å². The largest absolute Gasteiger partial charge is 0.492 e. The molecule has 4 rings (SSSR count). The van der Waals surface area contributed by atoms with Crippen LogP contribution in [0.2, 0.25) is 0 Å². The van der Waals surface area contributed by atoms with Gasteiger partial charge in [0.2, 0.25) is 15.9 Å². The van der Waals surface area contributed by atoms with Crippen LogP contribution in [0.5, 0.6) is 5.75 Å². The number of rotatable bonds is 9. The molecule has 1 amide bonds. The third-order valence-corrected chi connectivity index (χ3v) is 11.3. The first-order valence-electron chi connectivity index (χ1n) is 11.3. The summed E-state index contributed by atoms with van der Waals surface area (Å²) in [6.45, 7) is 2.31. The average molecular weight is 528 g/mol. The van der Waals surface area contributed by atoms with Gasteiger partial charge in [0.15, 0.2) is 0 Å². The number of ether oxygens (including phenoxy) is 1. The fraction of sp³-hybridized carbons (Fsp3) is 0.500. The molecule has 2 aliphatic rings. The number of sulfonamides is 2. The van der Waals surface area contributed by atoms with Crippen LogP contribution in [-0.2, 0) is 24.8 Å². The lowest BCUT2D eigenvalue weighted by atomic mass is 9.97. The first kappa shape index (κ1) is 25.1. The van der Waals surface area contributed by atoms with E-state index in [1.165, 1.54) is 19.9 Å². The molecule has 0 aliphatic carbocycles. The van der Waals surface area contributed by atoms with Gasteiger partial charge in [-0.2, -0.15) is 8.61 Å². The Hall–Kier alpha value is -1.99. The van der Waals surface area contributed by atoms with E-state index in [2.05, 4.69) is 5.32 Å². The predicted octanol–water partition coefficient (Wildman–Crippen LogP) is 2.13. The highest BCUT2D eigenvalue weighted by molar-refractivity contribution is 7.91. The summed E-state index contributed by atoms with van der Waals surface area (Å²) in [5.41, 5.74) is 0. The van der Waals surface area contributed by atoms with Crippen LogP contribution in [0.3, 0.4) is 0 Å². The second kappa shape index (κ2) is 10.7. The second-order valence-electron chi connectivity index (χ2n) is 8.33. The van der Waals surface area contributed by atoms with Crippen LogP contribution in [0.25, 0.3) is 0 Å². The monoisotopic (exact) mass is 527 g/mol. The Morgan fingerprint density at radius 1 is 0.941 bits per heavy atom. The summed E-state index contributed by atoms with van der Waals surface area (Å²) in [5, 5.41) is 4.58. The molecular weight excluding hydrogens is 498 g/mol. The highest BCUT2D eigenvalue weighted by Crippen LogP contribution is 2.26. The van der Waals surface area contributed by atoms with Gasteiger partial charge in [-0.05, 0) is 61.4 Å². The standard InChI is InChI=1S/C22H29N3O6S3/c26-22(18-9-14-25(15-10-18)34(29,30)21-4-3-17-32-21)23-11-16-31-19-5-7-20(8-6-19)33(27,28)24-12-1-2-13-24/h3-8,17-18H,1-2,9-16H2,(H,23,26). The Balaban J connectivity index is 1.19. The Labute approximate surface area is 204 Å². The quantitative estimate of drug-likeness (QED) is 0.500. The molecule has 1 N–H and O–H groups in total. The number of nitrogens with zero attached hydrogens (tertiary/aromatic N) is 2. The summed E-state index contributed by atoms with van der Waals surface area (Å²) in [4.78, 5) is 12.7. The zero-order valence-electron chi connectivity index (χ0n) is 18.8. The smallest absolute Gasteiger partial charge is 0.252 e. The van der Waals surface area contributed by atoms with Gasteiger partial charge in [0.25, 0.3) is 10.0 Å². The fourth-order valence-electron chi connectivity index (χ4n) is 4.17. The van der Waals surface area contributed by atoms with Crippen molar-refractivity contribution < 1.29 is 26.4 Å². The van der Waals surface area contributed by atoms with E-state index in [-0.39, 0.29) is 23.3 Å². The molecule has 2 fully saturated rings. The highest BCUT2D eigenvalue weighted by atomic mass is 32.2. The van der Waals surface area contributed by atoms with Crippen molar-refractivity contribution in [1.82, 2.24) is 13.9 Å². The summed E-state index contributed by atoms with van der Waals surface area (Å²) < 4.78 is 59.2. The molecule has 0 radical (unpaired) electrons. The van der Waals surface area contributed by atoms with Gasteiger partial charge in [-0.15, -0.1) is 11.3 Å². The summed E-state index contributed by atoms with van der Waals surface area (Å²) in [5.74, 6) is 0.190. The van der Waals surface area contributed by atoms with Gasteiger partial charge in [-0.3, -0.25) is 4.79 Å². The first-order valence-corrected chi connectivity index (χ1v) is 15.1. The third-order valence-electron chi connectivity index (χ3n) is 6.11. The van der Waals surface area contributed by atoms with E-state index < -0.39 is 20.0 Å². The molecule has 0 atom stereocenters. The number of carbonyl (C=O) groups excluding carboxylic acids is 1. The molecule has 2 aromatic rings. The van der Waals surface area contributed by atoms with E-state index in [1.54, 1.807) is 41.8 Å². The van der Waals surface area contributed by atoms with Crippen molar-refractivity contribution in [3.05, 3.63) is 41.8 Å². The van der Waals surface area contributed by atoms with Gasteiger partial charge in [0.1, 0.15) is 16.6 Å². The van der Waals surface area contributed by atoms with Crippen molar-refractivity contribution in [3.63, 3.8) is 0 Å². The zero-order valence-corrected chi connectivity index (χ0v) is 21.2. The average Bonchev–Trinajstić information content (AvgIpc) is 3.57. The summed E-state index contributed by atoms with van der Waals surface area (Å²) >= 11 is 1.20. The van der Waals surface area contributed by atoms with Gasteiger partial charge in [-0.25, -0.2) is 16.8 Å². The lowest BCUT2D eigenvalue weighted by Gasteiger charge is -2.30. The molecular formula is C22H29N3O6S3. The van der Waals surface area contributed by atoms with E-state index in [0.29, 0.717) is 55.5 Å². The molecule has 0 bridgehead atoms. The maximum Gasteiger partial charge on any atom is 0.252 e. The molecule has 0 unspecified atom stereocenters. The SMILES string of the molecule is O=C(NCCOc1ccc(S(=O)(=O)N2CCCC2)cc1)C1CCN(S(=O)(=O)c2cccs2)CC1. The number of hydrogen-bond donors (Lipinski definition) is 1. The number of carbonyl (C=O) groups is 1. The first-order chi connectivity index (χ1) is 16.3. The number of piperidine rings is 1. The minimum Gasteiger partial charge on any atom is -0.492 e. The second-order valence-corrected chi connectivity index (χ2v) is 13.4. The van der Waals surface area contributed by atoms with Crippen molar-refractivity contribution >= 4 is 37.3 Å². The number of amides is 1. The van der Waals surface area contributed by atoms with Crippen LogP contribution in [0, 0.1) is 5.92 Å². The van der Waals surface area contributed by atoms with Crippen LogP contribution in [0.4, 0.5) is 0 Å². The molecule has 0 saturated carbocycles. The normalized spacial score (nSPS) is 18.7. The van der Waals surface area contributed by atoms with Crippen LogP contribution < -0.4 is 10.1 Å². The van der Waals surface area contributed by atoms with Gasteiger partial charge >= 0.3 is 0 Å². The molecule has 1 aromatic heterocycles. The maximum absolute atomic E-state index is 12.6. The molecule has 12 heteroatoms. The van der Waals surface area contributed by atoms with Crippen molar-refractivity contribution in [1.29, 1.82) is 0 Å². The van der Waals surface area contributed by atoms with E-state index >= 15 is 0 Å². The van der Waals surface area contributed by atoms with Crippen molar-refractivity contribution in [2.24, 2.45) is 5.92 Å². The highest BCUT2D eigenvalue weighted by Gasteiger charge is 2.32. The molecule has 3 heterocycles. The summed E-state index contributed by atoms with van der Waals surface area (Å²) in [6, 6.07) is 9.63.